The zero-order valence-corrected chi connectivity index (χ0v) is 9.97. The van der Waals surface area contributed by atoms with Gasteiger partial charge in [0.1, 0.15) is 0 Å². The van der Waals surface area contributed by atoms with Crippen molar-refractivity contribution in [3.63, 3.8) is 0 Å². The predicted molar refractivity (Wildman–Crippen MR) is 60.2 cm³/mol. The first kappa shape index (κ1) is 11.3. The minimum absolute atomic E-state index is 0.0428. The lowest BCUT2D eigenvalue weighted by Crippen LogP contribution is -2.33. The van der Waals surface area contributed by atoms with Crippen LogP contribution in [0.1, 0.15) is 19.4 Å². The number of aromatic amines is 1. The van der Waals surface area contributed by atoms with Crippen LogP contribution in [0.4, 0.5) is 0 Å². The van der Waals surface area contributed by atoms with Crippen molar-refractivity contribution in [3.05, 3.63) is 24.0 Å². The molecule has 14 heavy (non-hydrogen) atoms. The molecule has 1 atom stereocenters. The maximum Gasteiger partial charge on any atom is 0.234 e. The first-order valence-electron chi connectivity index (χ1n) is 4.64. The maximum atomic E-state index is 11.5. The minimum atomic E-state index is -0.110. The number of hydrogen-bond acceptors (Lipinski definition) is 1. The van der Waals surface area contributed by atoms with Gasteiger partial charge in [-0.15, -0.1) is 0 Å². The Labute approximate surface area is 92.4 Å². The van der Waals surface area contributed by atoms with Crippen molar-refractivity contribution >= 4 is 21.8 Å². The molecule has 1 aromatic rings. The van der Waals surface area contributed by atoms with Crippen LogP contribution < -0.4 is 5.32 Å². The van der Waals surface area contributed by atoms with Gasteiger partial charge in [0, 0.05) is 18.9 Å². The monoisotopic (exact) mass is 258 g/mol. The van der Waals surface area contributed by atoms with Crippen molar-refractivity contribution in [1.82, 2.24) is 10.3 Å². The summed E-state index contributed by atoms with van der Waals surface area (Å²) in [5.74, 6) is 0.349. The fraction of sp³-hybridized carbons (Fsp3) is 0.500. The molecule has 1 amide bonds. The second kappa shape index (κ2) is 5.20. The molecule has 1 unspecified atom stereocenters. The van der Waals surface area contributed by atoms with E-state index >= 15 is 0 Å². The summed E-state index contributed by atoms with van der Waals surface area (Å²) in [6.45, 7) is 4.60. The summed E-state index contributed by atoms with van der Waals surface area (Å²) in [4.78, 5) is 14.3. The van der Waals surface area contributed by atoms with Gasteiger partial charge in [0.2, 0.25) is 5.91 Å². The van der Waals surface area contributed by atoms with E-state index in [0.717, 1.165) is 5.56 Å². The molecule has 0 aromatic carbocycles. The van der Waals surface area contributed by atoms with Crippen LogP contribution in [0.15, 0.2) is 18.5 Å². The molecule has 1 rings (SSSR count). The van der Waals surface area contributed by atoms with Gasteiger partial charge in [-0.25, -0.2) is 0 Å². The molecule has 0 radical (unpaired) electrons. The summed E-state index contributed by atoms with van der Waals surface area (Å²) in [5.41, 5.74) is 1.09. The molecule has 0 bridgehead atoms. The normalized spacial score (nSPS) is 12.9. The molecule has 2 N–H and O–H groups in total. The fourth-order valence-electron chi connectivity index (χ4n) is 1.06. The lowest BCUT2D eigenvalue weighted by molar-refractivity contribution is -0.121. The number of halogens is 1. The first-order valence-corrected chi connectivity index (χ1v) is 5.56. The van der Waals surface area contributed by atoms with E-state index in [-0.39, 0.29) is 10.7 Å². The van der Waals surface area contributed by atoms with E-state index < -0.39 is 0 Å². The Balaban J connectivity index is 2.35. The highest BCUT2D eigenvalue weighted by atomic mass is 79.9. The van der Waals surface area contributed by atoms with E-state index in [2.05, 4.69) is 26.2 Å². The van der Waals surface area contributed by atoms with Crippen LogP contribution >= 0.6 is 15.9 Å². The summed E-state index contributed by atoms with van der Waals surface area (Å²) in [5, 5.41) is 2.86. The average molecular weight is 259 g/mol. The third-order valence-electron chi connectivity index (χ3n) is 1.96. The Morgan fingerprint density at radius 2 is 2.36 bits per heavy atom. The van der Waals surface area contributed by atoms with E-state index in [4.69, 9.17) is 0 Å². The summed E-state index contributed by atoms with van der Waals surface area (Å²) in [6.07, 6.45) is 3.72. The lowest BCUT2D eigenvalue weighted by Gasteiger charge is -2.13. The van der Waals surface area contributed by atoms with Gasteiger partial charge < -0.3 is 10.3 Å². The molecular weight excluding hydrogens is 244 g/mol. The number of hydrogen-bond donors (Lipinski definition) is 2. The third-order valence-corrected chi connectivity index (χ3v) is 3.44. The molecule has 4 heteroatoms. The number of aromatic nitrogens is 1. The van der Waals surface area contributed by atoms with Gasteiger partial charge in [-0.05, 0) is 17.5 Å². The van der Waals surface area contributed by atoms with E-state index in [0.29, 0.717) is 12.5 Å². The molecule has 0 saturated heterocycles. The number of H-pyrrole nitrogens is 1. The summed E-state index contributed by atoms with van der Waals surface area (Å²) in [6, 6.07) is 1.94. The SMILES string of the molecule is CC(C)C(Br)C(=O)NCc1cc[nH]c1. The third kappa shape index (κ3) is 3.18. The fourth-order valence-corrected chi connectivity index (χ4v) is 1.22. The molecule has 0 spiro atoms. The molecule has 0 aliphatic carbocycles. The van der Waals surface area contributed by atoms with Crippen molar-refractivity contribution in [2.75, 3.05) is 0 Å². The second-order valence-corrected chi connectivity index (χ2v) is 4.57. The number of rotatable bonds is 4. The first-order chi connectivity index (χ1) is 6.61. The van der Waals surface area contributed by atoms with Crippen LogP contribution in [0.5, 0.6) is 0 Å². The van der Waals surface area contributed by atoms with E-state index in [1.807, 2.05) is 32.3 Å². The number of amides is 1. The zero-order valence-electron chi connectivity index (χ0n) is 8.38. The Morgan fingerprint density at radius 1 is 1.64 bits per heavy atom. The molecule has 0 aliphatic rings. The van der Waals surface area contributed by atoms with E-state index in [9.17, 15) is 4.79 Å². The Hall–Kier alpha value is -0.770. The average Bonchev–Trinajstić information content (AvgIpc) is 2.65. The van der Waals surface area contributed by atoms with Crippen LogP contribution in [0.25, 0.3) is 0 Å². The zero-order chi connectivity index (χ0) is 10.6. The molecule has 0 aliphatic heterocycles. The van der Waals surface area contributed by atoms with Gasteiger partial charge in [-0.2, -0.15) is 0 Å². The molecule has 0 fully saturated rings. The van der Waals surface area contributed by atoms with Gasteiger partial charge in [-0.1, -0.05) is 29.8 Å². The largest absolute Gasteiger partial charge is 0.367 e. The smallest absolute Gasteiger partial charge is 0.234 e. The molecule has 1 heterocycles. The van der Waals surface area contributed by atoms with Gasteiger partial charge in [0.05, 0.1) is 4.83 Å². The topological polar surface area (TPSA) is 44.9 Å². The Bertz CT molecular complexity index is 282. The lowest BCUT2D eigenvalue weighted by atomic mass is 10.1. The summed E-state index contributed by atoms with van der Waals surface area (Å²) >= 11 is 3.35. The van der Waals surface area contributed by atoms with Crippen LogP contribution in [0, 0.1) is 5.92 Å². The van der Waals surface area contributed by atoms with Crippen LogP contribution in [-0.4, -0.2) is 15.7 Å². The quantitative estimate of drug-likeness (QED) is 0.798. The van der Waals surface area contributed by atoms with Crippen LogP contribution in [0.3, 0.4) is 0 Å². The standard InChI is InChI=1S/C10H15BrN2O/c1-7(2)9(11)10(14)13-6-8-3-4-12-5-8/h3-5,7,9,12H,6H2,1-2H3,(H,13,14). The van der Waals surface area contributed by atoms with Crippen LogP contribution in [-0.2, 0) is 11.3 Å². The molecule has 78 valence electrons. The minimum Gasteiger partial charge on any atom is -0.367 e. The van der Waals surface area contributed by atoms with Crippen molar-refractivity contribution in [2.45, 2.75) is 25.2 Å². The van der Waals surface area contributed by atoms with Gasteiger partial charge in [-0.3, -0.25) is 4.79 Å². The molecular formula is C10H15BrN2O. The number of nitrogens with one attached hydrogen (secondary N) is 2. The van der Waals surface area contributed by atoms with Gasteiger partial charge in [0.15, 0.2) is 0 Å². The van der Waals surface area contributed by atoms with Crippen LogP contribution in [0.2, 0.25) is 0 Å². The van der Waals surface area contributed by atoms with Crippen molar-refractivity contribution in [1.29, 1.82) is 0 Å². The second-order valence-electron chi connectivity index (χ2n) is 3.58. The predicted octanol–water partition coefficient (Wildman–Crippen LogP) is 2.05. The van der Waals surface area contributed by atoms with E-state index in [1.165, 1.54) is 0 Å². The number of carbonyl (C=O) groups is 1. The van der Waals surface area contributed by atoms with Crippen molar-refractivity contribution < 1.29 is 4.79 Å². The summed E-state index contributed by atoms with van der Waals surface area (Å²) in [7, 11) is 0. The van der Waals surface area contributed by atoms with Gasteiger partial charge >= 0.3 is 0 Å². The number of carbonyl (C=O) groups excluding carboxylic acids is 1. The van der Waals surface area contributed by atoms with Crippen molar-refractivity contribution in [2.24, 2.45) is 5.92 Å². The molecule has 0 saturated carbocycles. The molecule has 1 aromatic heterocycles. The number of alkyl halides is 1. The van der Waals surface area contributed by atoms with Gasteiger partial charge in [0.25, 0.3) is 0 Å². The Kier molecular flexibility index (Phi) is 4.20. The van der Waals surface area contributed by atoms with Crippen molar-refractivity contribution in [3.8, 4) is 0 Å². The highest BCUT2D eigenvalue weighted by Crippen LogP contribution is 2.11. The maximum absolute atomic E-state index is 11.5. The highest BCUT2D eigenvalue weighted by Gasteiger charge is 2.17. The molecule has 3 nitrogen and oxygen atoms in total. The highest BCUT2D eigenvalue weighted by molar-refractivity contribution is 9.10. The Morgan fingerprint density at radius 3 is 2.86 bits per heavy atom. The summed E-state index contributed by atoms with van der Waals surface area (Å²) < 4.78 is 0. The van der Waals surface area contributed by atoms with E-state index in [1.54, 1.807) is 0 Å².